The van der Waals surface area contributed by atoms with E-state index in [2.05, 4.69) is 15.3 Å². The van der Waals surface area contributed by atoms with Gasteiger partial charge in [0.1, 0.15) is 11.6 Å². The maximum atomic E-state index is 12.8. The van der Waals surface area contributed by atoms with Crippen LogP contribution in [-0.4, -0.2) is 17.0 Å². The van der Waals surface area contributed by atoms with Gasteiger partial charge in [-0.05, 0) is 37.2 Å². The lowest BCUT2D eigenvalue weighted by atomic mass is 10.1. The van der Waals surface area contributed by atoms with E-state index >= 15 is 0 Å². The van der Waals surface area contributed by atoms with Gasteiger partial charge in [0.2, 0.25) is 0 Å². The highest BCUT2D eigenvalue weighted by molar-refractivity contribution is 5.22. The highest BCUT2D eigenvalue weighted by atomic mass is 19.1. The fraction of sp³-hybridized carbons (Fsp3) is 0.286. The number of aryl methyl sites for hydroxylation is 1. The van der Waals surface area contributed by atoms with E-state index in [9.17, 15) is 4.39 Å². The summed E-state index contributed by atoms with van der Waals surface area (Å²) < 4.78 is 12.8. The molecular formula is C14H16FN3. The Balaban J connectivity index is 2.18. The second kappa shape index (κ2) is 5.69. The predicted octanol–water partition coefficient (Wildman–Crippen LogP) is 2.23. The number of benzene rings is 1. The molecule has 1 N–H and O–H groups in total. The molecule has 0 saturated heterocycles. The first kappa shape index (κ1) is 12.6. The third-order valence-electron chi connectivity index (χ3n) is 2.75. The van der Waals surface area contributed by atoms with Gasteiger partial charge < -0.3 is 5.32 Å². The van der Waals surface area contributed by atoms with Crippen molar-refractivity contribution in [1.82, 2.24) is 15.3 Å². The van der Waals surface area contributed by atoms with Gasteiger partial charge in [0.15, 0.2) is 0 Å². The summed E-state index contributed by atoms with van der Waals surface area (Å²) in [5, 5.41) is 3.08. The molecule has 0 bridgehead atoms. The summed E-state index contributed by atoms with van der Waals surface area (Å²) in [5.41, 5.74) is 3.09. The van der Waals surface area contributed by atoms with E-state index < -0.39 is 0 Å². The molecule has 2 rings (SSSR count). The van der Waals surface area contributed by atoms with Crippen molar-refractivity contribution in [2.75, 3.05) is 7.05 Å². The van der Waals surface area contributed by atoms with Gasteiger partial charge in [-0.25, -0.2) is 14.4 Å². The molecule has 1 aromatic carbocycles. The molecule has 0 aliphatic carbocycles. The fourth-order valence-corrected chi connectivity index (χ4v) is 1.74. The largest absolute Gasteiger partial charge is 0.314 e. The molecule has 0 aliphatic heterocycles. The Labute approximate surface area is 106 Å². The Morgan fingerprint density at radius 2 is 1.94 bits per heavy atom. The van der Waals surface area contributed by atoms with Gasteiger partial charge in [-0.3, -0.25) is 0 Å². The quantitative estimate of drug-likeness (QED) is 0.897. The van der Waals surface area contributed by atoms with Gasteiger partial charge in [0, 0.05) is 19.2 Å². The summed E-state index contributed by atoms with van der Waals surface area (Å²) in [5.74, 6) is 0.539. The molecule has 3 nitrogen and oxygen atoms in total. The average molecular weight is 245 g/mol. The highest BCUT2D eigenvalue weighted by Crippen LogP contribution is 2.09. The van der Waals surface area contributed by atoms with Crippen LogP contribution in [-0.2, 0) is 13.0 Å². The molecule has 0 amide bonds. The summed E-state index contributed by atoms with van der Waals surface area (Å²) in [6.07, 6.45) is 2.45. The maximum Gasteiger partial charge on any atom is 0.132 e. The summed E-state index contributed by atoms with van der Waals surface area (Å²) in [7, 11) is 1.89. The van der Waals surface area contributed by atoms with Gasteiger partial charge in [0.05, 0.1) is 5.69 Å². The van der Waals surface area contributed by atoms with Crippen molar-refractivity contribution in [3.63, 3.8) is 0 Å². The number of hydrogen-bond acceptors (Lipinski definition) is 3. The third-order valence-corrected chi connectivity index (χ3v) is 2.75. The van der Waals surface area contributed by atoms with Crippen molar-refractivity contribution in [3.8, 4) is 0 Å². The van der Waals surface area contributed by atoms with E-state index in [4.69, 9.17) is 0 Å². The molecule has 0 atom stereocenters. The van der Waals surface area contributed by atoms with Crippen LogP contribution in [0.25, 0.3) is 0 Å². The number of halogens is 1. The van der Waals surface area contributed by atoms with Crippen molar-refractivity contribution in [2.45, 2.75) is 19.9 Å². The van der Waals surface area contributed by atoms with Crippen molar-refractivity contribution in [3.05, 3.63) is 58.9 Å². The molecule has 1 heterocycles. The summed E-state index contributed by atoms with van der Waals surface area (Å²) in [6, 6.07) is 6.43. The topological polar surface area (TPSA) is 37.8 Å². The zero-order chi connectivity index (χ0) is 13.0. The maximum absolute atomic E-state index is 12.8. The van der Waals surface area contributed by atoms with E-state index in [0.29, 0.717) is 6.42 Å². The Morgan fingerprint density at radius 1 is 1.22 bits per heavy atom. The Morgan fingerprint density at radius 3 is 2.61 bits per heavy atom. The Kier molecular flexibility index (Phi) is 3.99. The SMILES string of the molecule is CNCc1nc(Cc2ccc(F)cc2)ncc1C. The standard InChI is InChI=1S/C14H16FN3/c1-10-8-17-14(18-13(10)9-16-2)7-11-3-5-12(15)6-4-11/h3-6,8,16H,7,9H2,1-2H3. The molecule has 0 saturated carbocycles. The molecule has 0 spiro atoms. The summed E-state index contributed by atoms with van der Waals surface area (Å²) in [6.45, 7) is 2.72. The highest BCUT2D eigenvalue weighted by Gasteiger charge is 2.04. The van der Waals surface area contributed by atoms with Crippen LogP contribution in [0.1, 0.15) is 22.6 Å². The number of aromatic nitrogens is 2. The summed E-state index contributed by atoms with van der Waals surface area (Å²) >= 11 is 0. The van der Waals surface area contributed by atoms with Crippen LogP contribution in [0.2, 0.25) is 0 Å². The molecule has 1 aromatic heterocycles. The Bertz CT molecular complexity index is 523. The van der Waals surface area contributed by atoms with Crippen LogP contribution in [0.5, 0.6) is 0 Å². The third kappa shape index (κ3) is 3.11. The van der Waals surface area contributed by atoms with Gasteiger partial charge in [0.25, 0.3) is 0 Å². The molecule has 0 radical (unpaired) electrons. The molecule has 2 aromatic rings. The molecule has 0 fully saturated rings. The first-order valence-corrected chi connectivity index (χ1v) is 5.89. The molecule has 94 valence electrons. The van der Waals surface area contributed by atoms with Crippen LogP contribution in [0.4, 0.5) is 4.39 Å². The zero-order valence-corrected chi connectivity index (χ0v) is 10.6. The van der Waals surface area contributed by atoms with Crippen LogP contribution in [0, 0.1) is 12.7 Å². The first-order valence-electron chi connectivity index (χ1n) is 5.89. The number of nitrogens with zero attached hydrogens (tertiary/aromatic N) is 2. The van der Waals surface area contributed by atoms with Crippen LogP contribution < -0.4 is 5.32 Å². The first-order chi connectivity index (χ1) is 8.69. The normalized spacial score (nSPS) is 10.6. The summed E-state index contributed by atoms with van der Waals surface area (Å²) in [4.78, 5) is 8.82. The molecule has 18 heavy (non-hydrogen) atoms. The van der Waals surface area contributed by atoms with E-state index in [0.717, 1.165) is 29.2 Å². The van der Waals surface area contributed by atoms with Gasteiger partial charge >= 0.3 is 0 Å². The van der Waals surface area contributed by atoms with Gasteiger partial charge in [-0.15, -0.1) is 0 Å². The number of hydrogen-bond donors (Lipinski definition) is 1. The van der Waals surface area contributed by atoms with Crippen LogP contribution >= 0.6 is 0 Å². The van der Waals surface area contributed by atoms with Crippen LogP contribution in [0.3, 0.4) is 0 Å². The lowest BCUT2D eigenvalue weighted by molar-refractivity contribution is 0.627. The smallest absolute Gasteiger partial charge is 0.132 e. The molecular weight excluding hydrogens is 229 g/mol. The van der Waals surface area contributed by atoms with Crippen molar-refractivity contribution in [2.24, 2.45) is 0 Å². The molecule has 4 heteroatoms. The van der Waals surface area contributed by atoms with E-state index in [1.165, 1.54) is 12.1 Å². The Hall–Kier alpha value is -1.81. The monoisotopic (exact) mass is 245 g/mol. The minimum atomic E-state index is -0.223. The second-order valence-corrected chi connectivity index (χ2v) is 4.25. The van der Waals surface area contributed by atoms with Crippen molar-refractivity contribution < 1.29 is 4.39 Å². The van der Waals surface area contributed by atoms with E-state index in [-0.39, 0.29) is 5.82 Å². The lowest BCUT2D eigenvalue weighted by Gasteiger charge is -2.06. The predicted molar refractivity (Wildman–Crippen MR) is 68.7 cm³/mol. The lowest BCUT2D eigenvalue weighted by Crippen LogP contribution is -2.11. The van der Waals surface area contributed by atoms with Crippen LogP contribution in [0.15, 0.2) is 30.5 Å². The van der Waals surface area contributed by atoms with E-state index in [1.807, 2.05) is 20.2 Å². The van der Waals surface area contributed by atoms with E-state index in [1.54, 1.807) is 12.1 Å². The molecule has 0 unspecified atom stereocenters. The fourth-order valence-electron chi connectivity index (χ4n) is 1.74. The molecule has 0 aliphatic rings. The number of nitrogens with one attached hydrogen (secondary N) is 1. The second-order valence-electron chi connectivity index (χ2n) is 4.25. The zero-order valence-electron chi connectivity index (χ0n) is 10.6. The van der Waals surface area contributed by atoms with Gasteiger partial charge in [-0.2, -0.15) is 0 Å². The average Bonchev–Trinajstić information content (AvgIpc) is 2.37. The van der Waals surface area contributed by atoms with Gasteiger partial charge in [-0.1, -0.05) is 12.1 Å². The minimum Gasteiger partial charge on any atom is -0.314 e. The van der Waals surface area contributed by atoms with Crippen molar-refractivity contribution in [1.29, 1.82) is 0 Å². The van der Waals surface area contributed by atoms with Crippen molar-refractivity contribution >= 4 is 0 Å². The number of rotatable bonds is 4. The minimum absolute atomic E-state index is 0.223.